The van der Waals surface area contributed by atoms with Crippen molar-refractivity contribution in [3.8, 4) is 0 Å². The van der Waals surface area contributed by atoms with Gasteiger partial charge in [0.05, 0.1) is 11.6 Å². The molecule has 2 bridgehead atoms. The van der Waals surface area contributed by atoms with Gasteiger partial charge in [0.15, 0.2) is 0 Å². The summed E-state index contributed by atoms with van der Waals surface area (Å²) in [6.45, 7) is 0. The number of aromatic nitrogens is 1. The highest BCUT2D eigenvalue weighted by molar-refractivity contribution is 5.79. The number of piperidine rings is 1. The summed E-state index contributed by atoms with van der Waals surface area (Å²) in [7, 11) is 2.24. The van der Waals surface area contributed by atoms with Crippen LogP contribution in [0, 0.1) is 5.92 Å². The highest BCUT2D eigenvalue weighted by atomic mass is 16.3. The van der Waals surface area contributed by atoms with Crippen LogP contribution in [0.15, 0.2) is 36.5 Å². The van der Waals surface area contributed by atoms with Crippen molar-refractivity contribution in [2.24, 2.45) is 5.92 Å². The molecule has 2 aliphatic rings. The molecule has 3 unspecified atom stereocenters. The molecule has 2 aliphatic heterocycles. The molecule has 2 aromatic rings. The van der Waals surface area contributed by atoms with Gasteiger partial charge in [-0.25, -0.2) is 0 Å². The van der Waals surface area contributed by atoms with Crippen LogP contribution < -0.4 is 0 Å². The Hall–Kier alpha value is -1.45. The smallest absolute Gasteiger partial charge is 0.0819 e. The van der Waals surface area contributed by atoms with Crippen molar-refractivity contribution in [3.63, 3.8) is 0 Å². The van der Waals surface area contributed by atoms with E-state index in [1.807, 2.05) is 24.4 Å². The highest BCUT2D eigenvalue weighted by Gasteiger charge is 2.40. The van der Waals surface area contributed by atoms with Gasteiger partial charge in [0, 0.05) is 23.7 Å². The summed E-state index contributed by atoms with van der Waals surface area (Å²) in [5.41, 5.74) is 2.04. The number of aliphatic hydroxyl groups is 1. The lowest BCUT2D eigenvalue weighted by Crippen LogP contribution is -2.41. The third kappa shape index (κ3) is 2.25. The predicted molar refractivity (Wildman–Crippen MR) is 84.0 cm³/mol. The molecule has 3 heterocycles. The maximum atomic E-state index is 10.8. The molecular formula is C18H22N2O. The SMILES string of the molecule is CN1C2CCC1CC(C(O)c1ccc3ncccc3c1)C2. The van der Waals surface area contributed by atoms with E-state index in [0.29, 0.717) is 18.0 Å². The number of nitrogens with zero attached hydrogens (tertiary/aromatic N) is 2. The van der Waals surface area contributed by atoms with Crippen LogP contribution in [-0.4, -0.2) is 34.1 Å². The Morgan fingerprint density at radius 2 is 1.95 bits per heavy atom. The summed E-state index contributed by atoms with van der Waals surface area (Å²) in [4.78, 5) is 6.87. The summed E-state index contributed by atoms with van der Waals surface area (Å²) in [5, 5.41) is 11.9. The van der Waals surface area contributed by atoms with Crippen molar-refractivity contribution < 1.29 is 5.11 Å². The Balaban J connectivity index is 1.60. The monoisotopic (exact) mass is 282 g/mol. The summed E-state index contributed by atoms with van der Waals surface area (Å²) >= 11 is 0. The second kappa shape index (κ2) is 5.08. The van der Waals surface area contributed by atoms with Crippen molar-refractivity contribution in [2.45, 2.75) is 43.9 Å². The summed E-state index contributed by atoms with van der Waals surface area (Å²) in [6.07, 6.45) is 6.32. The summed E-state index contributed by atoms with van der Waals surface area (Å²) in [6, 6.07) is 11.5. The average molecular weight is 282 g/mol. The molecule has 3 nitrogen and oxygen atoms in total. The van der Waals surface area contributed by atoms with Crippen molar-refractivity contribution >= 4 is 10.9 Å². The molecule has 1 aromatic heterocycles. The van der Waals surface area contributed by atoms with Crippen LogP contribution in [0.25, 0.3) is 10.9 Å². The molecule has 110 valence electrons. The molecule has 0 radical (unpaired) electrons. The van der Waals surface area contributed by atoms with Crippen LogP contribution in [-0.2, 0) is 0 Å². The Kier molecular flexibility index (Phi) is 3.20. The van der Waals surface area contributed by atoms with Gasteiger partial charge in [-0.2, -0.15) is 0 Å². The van der Waals surface area contributed by atoms with Crippen LogP contribution in [0.4, 0.5) is 0 Å². The van der Waals surface area contributed by atoms with Crippen LogP contribution in [0.1, 0.15) is 37.4 Å². The third-order valence-electron chi connectivity index (χ3n) is 5.55. The zero-order chi connectivity index (χ0) is 14.4. The molecule has 0 saturated carbocycles. The third-order valence-corrected chi connectivity index (χ3v) is 5.55. The van der Waals surface area contributed by atoms with Gasteiger partial charge in [-0.15, -0.1) is 0 Å². The van der Waals surface area contributed by atoms with E-state index in [9.17, 15) is 5.11 Å². The normalized spacial score (nSPS) is 30.7. The standard InChI is InChI=1S/C18H22N2O/c1-20-15-5-6-16(20)11-14(10-15)18(21)13-4-7-17-12(9-13)3-2-8-19-17/h2-4,7-9,14-16,18,21H,5-6,10-11H2,1H3. The van der Waals surface area contributed by atoms with Gasteiger partial charge in [0.1, 0.15) is 0 Å². The van der Waals surface area contributed by atoms with Crippen LogP contribution in [0.5, 0.6) is 0 Å². The van der Waals surface area contributed by atoms with E-state index >= 15 is 0 Å². The minimum atomic E-state index is -0.341. The molecule has 4 rings (SSSR count). The second-order valence-electron chi connectivity index (χ2n) is 6.68. The average Bonchev–Trinajstić information content (AvgIpc) is 2.75. The van der Waals surface area contributed by atoms with E-state index in [2.05, 4.69) is 29.1 Å². The number of benzene rings is 1. The van der Waals surface area contributed by atoms with Gasteiger partial charge < -0.3 is 10.0 Å². The fourth-order valence-electron chi connectivity index (χ4n) is 4.26. The number of rotatable bonds is 2. The molecule has 0 amide bonds. The van der Waals surface area contributed by atoms with E-state index in [-0.39, 0.29) is 6.10 Å². The molecular weight excluding hydrogens is 260 g/mol. The van der Waals surface area contributed by atoms with E-state index in [4.69, 9.17) is 0 Å². The van der Waals surface area contributed by atoms with Crippen molar-refractivity contribution in [1.29, 1.82) is 0 Å². The number of fused-ring (bicyclic) bond motifs is 3. The van der Waals surface area contributed by atoms with Gasteiger partial charge >= 0.3 is 0 Å². The van der Waals surface area contributed by atoms with Crippen LogP contribution >= 0.6 is 0 Å². The van der Waals surface area contributed by atoms with Crippen molar-refractivity contribution in [1.82, 2.24) is 9.88 Å². The topological polar surface area (TPSA) is 36.4 Å². The minimum absolute atomic E-state index is 0.341. The van der Waals surface area contributed by atoms with Crippen LogP contribution in [0.2, 0.25) is 0 Å². The predicted octanol–water partition coefficient (Wildman–Crippen LogP) is 3.14. The highest BCUT2D eigenvalue weighted by Crippen LogP contribution is 2.42. The molecule has 3 heteroatoms. The molecule has 2 fully saturated rings. The lowest BCUT2D eigenvalue weighted by Gasteiger charge is -2.38. The number of aliphatic hydroxyl groups excluding tert-OH is 1. The molecule has 2 saturated heterocycles. The molecule has 3 atom stereocenters. The summed E-state index contributed by atoms with van der Waals surface area (Å²) < 4.78 is 0. The number of hydrogen-bond acceptors (Lipinski definition) is 3. The maximum absolute atomic E-state index is 10.8. The maximum Gasteiger partial charge on any atom is 0.0819 e. The van der Waals surface area contributed by atoms with Gasteiger partial charge in [0.25, 0.3) is 0 Å². The van der Waals surface area contributed by atoms with Gasteiger partial charge in [-0.05, 0) is 62.4 Å². The zero-order valence-corrected chi connectivity index (χ0v) is 12.4. The van der Waals surface area contributed by atoms with Gasteiger partial charge in [0.2, 0.25) is 0 Å². The Labute approximate surface area is 125 Å². The van der Waals surface area contributed by atoms with E-state index in [0.717, 1.165) is 29.3 Å². The van der Waals surface area contributed by atoms with Gasteiger partial charge in [-0.3, -0.25) is 4.98 Å². The van der Waals surface area contributed by atoms with Crippen LogP contribution in [0.3, 0.4) is 0 Å². The molecule has 0 spiro atoms. The zero-order valence-electron chi connectivity index (χ0n) is 12.4. The second-order valence-corrected chi connectivity index (χ2v) is 6.68. The van der Waals surface area contributed by atoms with Crippen molar-refractivity contribution in [2.75, 3.05) is 7.05 Å². The molecule has 1 aromatic carbocycles. The fourth-order valence-corrected chi connectivity index (χ4v) is 4.26. The Bertz CT molecular complexity index is 642. The first-order valence-electron chi connectivity index (χ1n) is 7.97. The first kappa shape index (κ1) is 13.2. The summed E-state index contributed by atoms with van der Waals surface area (Å²) in [5.74, 6) is 0.396. The fraction of sp³-hybridized carbons (Fsp3) is 0.500. The number of pyridine rings is 1. The first-order valence-corrected chi connectivity index (χ1v) is 7.97. The quantitative estimate of drug-likeness (QED) is 0.919. The molecule has 21 heavy (non-hydrogen) atoms. The molecule has 0 aliphatic carbocycles. The minimum Gasteiger partial charge on any atom is -0.388 e. The largest absolute Gasteiger partial charge is 0.388 e. The molecule has 1 N–H and O–H groups in total. The lowest BCUT2D eigenvalue weighted by molar-refractivity contribution is 0.0357. The van der Waals surface area contributed by atoms with E-state index in [1.165, 1.54) is 12.8 Å². The Morgan fingerprint density at radius 3 is 2.71 bits per heavy atom. The van der Waals surface area contributed by atoms with Gasteiger partial charge in [-0.1, -0.05) is 12.1 Å². The Morgan fingerprint density at radius 1 is 1.19 bits per heavy atom. The van der Waals surface area contributed by atoms with E-state index in [1.54, 1.807) is 0 Å². The lowest BCUT2D eigenvalue weighted by atomic mass is 9.83. The first-order chi connectivity index (χ1) is 10.2. The number of hydrogen-bond donors (Lipinski definition) is 1. The van der Waals surface area contributed by atoms with E-state index < -0.39 is 0 Å². The van der Waals surface area contributed by atoms with Crippen molar-refractivity contribution in [3.05, 3.63) is 42.1 Å².